The number of hydrogen-bond donors (Lipinski definition) is 1. The Morgan fingerprint density at radius 3 is 3.09 bits per heavy atom. The second-order valence-corrected chi connectivity index (χ2v) is 7.43. The predicted octanol–water partition coefficient (Wildman–Crippen LogP) is 3.29. The molecule has 3 heterocycles. The number of hydrogen-bond acceptors (Lipinski definition) is 3. The van der Waals surface area contributed by atoms with E-state index in [1.165, 1.54) is 34.5 Å². The van der Waals surface area contributed by atoms with Crippen molar-refractivity contribution in [3.05, 3.63) is 38.8 Å². The first kappa shape index (κ1) is 14.0. The SMILES string of the molecule is Cc1cn[nH]c1[C@H]1CCN(C(=O)c2csc3c2CCCC3)C1. The molecule has 0 radical (unpaired) electrons. The average molecular weight is 315 g/mol. The second-order valence-electron chi connectivity index (χ2n) is 6.46. The maximum Gasteiger partial charge on any atom is 0.255 e. The van der Waals surface area contributed by atoms with E-state index in [9.17, 15) is 4.79 Å². The lowest BCUT2D eigenvalue weighted by Gasteiger charge is -2.18. The van der Waals surface area contributed by atoms with Crippen molar-refractivity contribution in [3.63, 3.8) is 0 Å². The molecule has 1 amide bonds. The molecule has 5 heteroatoms. The topological polar surface area (TPSA) is 49.0 Å². The Hall–Kier alpha value is -1.62. The molecule has 1 fully saturated rings. The molecule has 4 rings (SSSR count). The van der Waals surface area contributed by atoms with Crippen molar-refractivity contribution >= 4 is 17.2 Å². The number of nitrogens with one attached hydrogen (secondary N) is 1. The first-order valence-electron chi connectivity index (χ1n) is 8.12. The van der Waals surface area contributed by atoms with E-state index in [2.05, 4.69) is 22.5 Å². The highest BCUT2D eigenvalue weighted by Crippen LogP contribution is 2.33. The minimum absolute atomic E-state index is 0.235. The zero-order chi connectivity index (χ0) is 15.1. The third-order valence-corrected chi connectivity index (χ3v) is 6.13. The first-order valence-corrected chi connectivity index (χ1v) is 9.00. The molecular formula is C17H21N3OS. The minimum Gasteiger partial charge on any atom is -0.338 e. The quantitative estimate of drug-likeness (QED) is 0.924. The zero-order valence-electron chi connectivity index (χ0n) is 12.9. The third-order valence-electron chi connectivity index (χ3n) is 5.04. The first-order chi connectivity index (χ1) is 10.7. The lowest BCUT2D eigenvalue weighted by atomic mass is 9.95. The van der Waals surface area contributed by atoms with Gasteiger partial charge in [0.25, 0.3) is 5.91 Å². The lowest BCUT2D eigenvalue weighted by molar-refractivity contribution is 0.0790. The minimum atomic E-state index is 0.235. The van der Waals surface area contributed by atoms with Crippen LogP contribution in [0.4, 0.5) is 0 Å². The van der Waals surface area contributed by atoms with Gasteiger partial charge in [-0.2, -0.15) is 5.10 Å². The fraction of sp³-hybridized carbons (Fsp3) is 0.529. The summed E-state index contributed by atoms with van der Waals surface area (Å²) in [4.78, 5) is 16.4. The number of thiophene rings is 1. The molecule has 0 aromatic carbocycles. The molecule has 4 nitrogen and oxygen atoms in total. The second kappa shape index (κ2) is 5.54. The highest BCUT2D eigenvalue weighted by Gasteiger charge is 2.31. The van der Waals surface area contributed by atoms with Gasteiger partial charge in [0.05, 0.1) is 11.8 Å². The lowest BCUT2D eigenvalue weighted by Crippen LogP contribution is -2.29. The van der Waals surface area contributed by atoms with E-state index in [0.29, 0.717) is 5.92 Å². The van der Waals surface area contributed by atoms with E-state index in [1.54, 1.807) is 11.3 Å². The summed E-state index contributed by atoms with van der Waals surface area (Å²) in [7, 11) is 0. The Morgan fingerprint density at radius 1 is 1.41 bits per heavy atom. The fourth-order valence-electron chi connectivity index (χ4n) is 3.79. The predicted molar refractivity (Wildman–Crippen MR) is 87.5 cm³/mol. The standard InChI is InChI=1S/C17H21N3OS/c1-11-8-18-19-16(11)12-6-7-20(9-12)17(21)14-10-22-15-5-3-2-4-13(14)15/h8,10,12H,2-7,9H2,1H3,(H,18,19)/t12-/m0/s1. The number of fused-ring (bicyclic) bond motifs is 1. The van der Waals surface area contributed by atoms with Gasteiger partial charge in [-0.1, -0.05) is 0 Å². The molecule has 116 valence electrons. The van der Waals surface area contributed by atoms with E-state index in [-0.39, 0.29) is 5.91 Å². The van der Waals surface area contributed by atoms with Gasteiger partial charge in [0.1, 0.15) is 0 Å². The number of aromatic nitrogens is 2. The Morgan fingerprint density at radius 2 is 2.27 bits per heavy atom. The monoisotopic (exact) mass is 315 g/mol. The van der Waals surface area contributed by atoms with Crippen molar-refractivity contribution in [2.24, 2.45) is 0 Å². The van der Waals surface area contributed by atoms with Gasteiger partial charge < -0.3 is 4.90 Å². The van der Waals surface area contributed by atoms with Crippen LogP contribution in [0.3, 0.4) is 0 Å². The smallest absolute Gasteiger partial charge is 0.255 e. The van der Waals surface area contributed by atoms with Crippen molar-refractivity contribution in [2.45, 2.75) is 44.9 Å². The van der Waals surface area contributed by atoms with Gasteiger partial charge in [-0.05, 0) is 50.2 Å². The van der Waals surface area contributed by atoms with Crippen molar-refractivity contribution in [1.82, 2.24) is 15.1 Å². The van der Waals surface area contributed by atoms with E-state index < -0.39 is 0 Å². The van der Waals surface area contributed by atoms with Gasteiger partial charge >= 0.3 is 0 Å². The summed E-state index contributed by atoms with van der Waals surface area (Å²) in [6.07, 6.45) is 7.63. The summed E-state index contributed by atoms with van der Waals surface area (Å²) in [5.41, 5.74) is 4.71. The molecule has 0 bridgehead atoms. The Labute approximate surface area is 134 Å². The summed E-state index contributed by atoms with van der Waals surface area (Å²) in [5, 5.41) is 9.31. The summed E-state index contributed by atoms with van der Waals surface area (Å²) in [6, 6.07) is 0. The summed E-state index contributed by atoms with van der Waals surface area (Å²) in [6.45, 7) is 3.75. The normalized spacial score (nSPS) is 21.1. The molecule has 1 aliphatic carbocycles. The number of likely N-dealkylation sites (tertiary alicyclic amines) is 1. The number of amides is 1. The molecule has 2 aromatic heterocycles. The van der Waals surface area contributed by atoms with Crippen LogP contribution in [0.2, 0.25) is 0 Å². The number of carbonyl (C=O) groups excluding carboxylic acids is 1. The van der Waals surface area contributed by atoms with Gasteiger partial charge in [-0.25, -0.2) is 0 Å². The molecule has 2 aromatic rings. The van der Waals surface area contributed by atoms with Crippen LogP contribution in [0.25, 0.3) is 0 Å². The Bertz CT molecular complexity index is 703. The molecule has 1 atom stereocenters. The van der Waals surface area contributed by atoms with Crippen LogP contribution in [0, 0.1) is 6.92 Å². The van der Waals surface area contributed by atoms with Crippen LogP contribution in [0.5, 0.6) is 0 Å². The number of aromatic amines is 1. The maximum absolute atomic E-state index is 12.9. The number of rotatable bonds is 2. The van der Waals surface area contributed by atoms with Crippen molar-refractivity contribution in [1.29, 1.82) is 0 Å². The van der Waals surface area contributed by atoms with Crippen LogP contribution in [-0.4, -0.2) is 34.1 Å². The molecule has 1 aliphatic heterocycles. The largest absolute Gasteiger partial charge is 0.338 e. The van der Waals surface area contributed by atoms with Crippen LogP contribution in [0.15, 0.2) is 11.6 Å². The highest BCUT2D eigenvalue weighted by atomic mass is 32.1. The van der Waals surface area contributed by atoms with Crippen LogP contribution >= 0.6 is 11.3 Å². The fourth-order valence-corrected chi connectivity index (χ4v) is 4.91. The van der Waals surface area contributed by atoms with Gasteiger partial charge in [-0.3, -0.25) is 9.89 Å². The van der Waals surface area contributed by atoms with E-state index in [1.807, 2.05) is 11.1 Å². The zero-order valence-corrected chi connectivity index (χ0v) is 13.7. The number of aryl methyl sites for hydroxylation is 2. The summed E-state index contributed by atoms with van der Waals surface area (Å²) in [5.74, 6) is 0.639. The molecule has 1 saturated heterocycles. The molecule has 0 saturated carbocycles. The van der Waals surface area contributed by atoms with E-state index in [0.717, 1.165) is 37.9 Å². The van der Waals surface area contributed by atoms with Crippen molar-refractivity contribution in [3.8, 4) is 0 Å². The van der Waals surface area contributed by atoms with Crippen LogP contribution in [-0.2, 0) is 12.8 Å². The van der Waals surface area contributed by atoms with E-state index in [4.69, 9.17) is 0 Å². The average Bonchev–Trinajstić information content (AvgIpc) is 3.25. The van der Waals surface area contributed by atoms with Crippen LogP contribution in [0.1, 0.15) is 57.2 Å². The Balaban J connectivity index is 1.52. The maximum atomic E-state index is 12.9. The molecule has 1 N–H and O–H groups in total. The summed E-state index contributed by atoms with van der Waals surface area (Å²) >= 11 is 1.78. The molecule has 0 unspecified atom stereocenters. The number of nitrogens with zero attached hydrogens (tertiary/aromatic N) is 2. The van der Waals surface area contributed by atoms with Gasteiger partial charge in [0.2, 0.25) is 0 Å². The molecular weight excluding hydrogens is 294 g/mol. The van der Waals surface area contributed by atoms with Crippen molar-refractivity contribution < 1.29 is 4.79 Å². The third kappa shape index (κ3) is 2.28. The number of H-pyrrole nitrogens is 1. The van der Waals surface area contributed by atoms with E-state index >= 15 is 0 Å². The Kier molecular flexibility index (Phi) is 3.53. The van der Waals surface area contributed by atoms with Crippen LogP contribution < -0.4 is 0 Å². The molecule has 0 spiro atoms. The molecule has 22 heavy (non-hydrogen) atoms. The van der Waals surface area contributed by atoms with Crippen molar-refractivity contribution in [2.75, 3.05) is 13.1 Å². The van der Waals surface area contributed by atoms with Gasteiger partial charge in [0, 0.05) is 35.0 Å². The van der Waals surface area contributed by atoms with Gasteiger partial charge in [-0.15, -0.1) is 11.3 Å². The summed E-state index contributed by atoms with van der Waals surface area (Å²) < 4.78 is 0. The number of carbonyl (C=O) groups is 1. The highest BCUT2D eigenvalue weighted by molar-refractivity contribution is 7.10. The van der Waals surface area contributed by atoms with Gasteiger partial charge in [0.15, 0.2) is 0 Å². The molecule has 2 aliphatic rings.